The highest BCUT2D eigenvalue weighted by Gasteiger charge is 2.09. The van der Waals surface area contributed by atoms with Gasteiger partial charge in [0.05, 0.1) is 7.11 Å². The fourth-order valence-electron chi connectivity index (χ4n) is 1.24. The van der Waals surface area contributed by atoms with E-state index >= 15 is 0 Å². The SMILES string of the molecule is CCCNc1cc(N(C)CC(=O)OC)ncn1. The zero-order chi connectivity index (χ0) is 12.7. The monoisotopic (exact) mass is 238 g/mol. The Hall–Kier alpha value is -1.85. The minimum Gasteiger partial charge on any atom is -0.468 e. The molecule has 1 heterocycles. The summed E-state index contributed by atoms with van der Waals surface area (Å²) in [6, 6.07) is 1.80. The molecule has 0 spiro atoms. The van der Waals surface area contributed by atoms with Crippen LogP contribution in [-0.4, -0.2) is 43.2 Å². The molecule has 0 atom stereocenters. The lowest BCUT2D eigenvalue weighted by atomic mass is 10.4. The van der Waals surface area contributed by atoms with Crippen molar-refractivity contribution in [3.05, 3.63) is 12.4 Å². The fraction of sp³-hybridized carbons (Fsp3) is 0.545. The first-order valence-electron chi connectivity index (χ1n) is 5.51. The van der Waals surface area contributed by atoms with Gasteiger partial charge in [-0.2, -0.15) is 0 Å². The quantitative estimate of drug-likeness (QED) is 0.743. The molecule has 0 saturated heterocycles. The molecule has 0 aliphatic carbocycles. The number of likely N-dealkylation sites (N-methyl/N-ethyl adjacent to an activating group) is 1. The van der Waals surface area contributed by atoms with E-state index in [1.807, 2.05) is 0 Å². The van der Waals surface area contributed by atoms with Gasteiger partial charge >= 0.3 is 5.97 Å². The number of nitrogens with one attached hydrogen (secondary N) is 1. The number of carbonyl (C=O) groups is 1. The Morgan fingerprint density at radius 3 is 2.94 bits per heavy atom. The molecule has 0 aliphatic rings. The summed E-state index contributed by atoms with van der Waals surface area (Å²) in [6.07, 6.45) is 2.50. The Balaban J connectivity index is 2.66. The van der Waals surface area contributed by atoms with Gasteiger partial charge in [-0.25, -0.2) is 9.97 Å². The second-order valence-electron chi connectivity index (χ2n) is 3.62. The number of nitrogens with zero attached hydrogens (tertiary/aromatic N) is 3. The highest BCUT2D eigenvalue weighted by molar-refractivity contribution is 5.75. The van der Waals surface area contributed by atoms with Crippen molar-refractivity contribution >= 4 is 17.6 Å². The van der Waals surface area contributed by atoms with E-state index < -0.39 is 0 Å². The van der Waals surface area contributed by atoms with Crippen LogP contribution in [0.1, 0.15) is 13.3 Å². The maximum Gasteiger partial charge on any atom is 0.325 e. The summed E-state index contributed by atoms with van der Waals surface area (Å²) in [5.41, 5.74) is 0. The highest BCUT2D eigenvalue weighted by Crippen LogP contribution is 2.12. The van der Waals surface area contributed by atoms with Gasteiger partial charge in [0, 0.05) is 19.7 Å². The highest BCUT2D eigenvalue weighted by atomic mass is 16.5. The molecule has 94 valence electrons. The summed E-state index contributed by atoms with van der Waals surface area (Å²) in [7, 11) is 3.15. The molecule has 0 aliphatic heterocycles. The summed E-state index contributed by atoms with van der Waals surface area (Å²) in [5.74, 6) is 1.15. The molecule has 0 amide bonds. The molecule has 6 nitrogen and oxygen atoms in total. The Kier molecular flexibility index (Phi) is 5.19. The molecule has 1 aromatic rings. The standard InChI is InChI=1S/C11H18N4O2/c1-4-5-12-9-6-10(14-8-13-9)15(2)7-11(16)17-3/h6,8H,4-5,7H2,1-3H3,(H,12,13,14). The van der Waals surface area contributed by atoms with Crippen LogP contribution in [0, 0.1) is 0 Å². The van der Waals surface area contributed by atoms with Crippen molar-refractivity contribution in [1.29, 1.82) is 0 Å². The third-order valence-electron chi connectivity index (χ3n) is 2.19. The van der Waals surface area contributed by atoms with Gasteiger partial charge in [-0.05, 0) is 6.42 Å². The first-order chi connectivity index (χ1) is 8.17. The van der Waals surface area contributed by atoms with E-state index in [2.05, 4.69) is 26.9 Å². The van der Waals surface area contributed by atoms with Crippen LogP contribution in [0.2, 0.25) is 0 Å². The van der Waals surface area contributed by atoms with Crippen LogP contribution >= 0.6 is 0 Å². The van der Waals surface area contributed by atoms with Crippen LogP contribution in [0.25, 0.3) is 0 Å². The smallest absolute Gasteiger partial charge is 0.325 e. The molecule has 0 saturated carbocycles. The number of esters is 1. The second-order valence-corrected chi connectivity index (χ2v) is 3.62. The molecular formula is C11H18N4O2. The van der Waals surface area contributed by atoms with Crippen LogP contribution in [-0.2, 0) is 9.53 Å². The normalized spacial score (nSPS) is 9.82. The molecule has 1 rings (SSSR count). The van der Waals surface area contributed by atoms with Crippen molar-refractivity contribution in [3.8, 4) is 0 Å². The zero-order valence-electron chi connectivity index (χ0n) is 10.4. The van der Waals surface area contributed by atoms with E-state index in [1.165, 1.54) is 13.4 Å². The number of aromatic nitrogens is 2. The Morgan fingerprint density at radius 1 is 1.53 bits per heavy atom. The summed E-state index contributed by atoms with van der Waals surface area (Å²) in [5, 5.41) is 3.16. The summed E-state index contributed by atoms with van der Waals surface area (Å²) in [4.78, 5) is 21.0. The average molecular weight is 238 g/mol. The van der Waals surface area contributed by atoms with Crippen LogP contribution < -0.4 is 10.2 Å². The molecule has 0 bridgehead atoms. The number of hydrogen-bond donors (Lipinski definition) is 1. The molecule has 0 unspecified atom stereocenters. The Morgan fingerprint density at radius 2 is 2.29 bits per heavy atom. The summed E-state index contributed by atoms with van der Waals surface area (Å²) < 4.78 is 4.60. The first kappa shape index (κ1) is 13.2. The summed E-state index contributed by atoms with van der Waals surface area (Å²) >= 11 is 0. The lowest BCUT2D eigenvalue weighted by Gasteiger charge is -2.16. The fourth-order valence-corrected chi connectivity index (χ4v) is 1.24. The number of hydrogen-bond acceptors (Lipinski definition) is 6. The number of rotatable bonds is 6. The van der Waals surface area contributed by atoms with Gasteiger partial charge in [0.2, 0.25) is 0 Å². The van der Waals surface area contributed by atoms with Gasteiger partial charge in [-0.1, -0.05) is 6.92 Å². The van der Waals surface area contributed by atoms with Crippen molar-refractivity contribution in [2.24, 2.45) is 0 Å². The van der Waals surface area contributed by atoms with Crippen molar-refractivity contribution in [3.63, 3.8) is 0 Å². The van der Waals surface area contributed by atoms with Crippen molar-refractivity contribution in [2.75, 3.05) is 37.5 Å². The topological polar surface area (TPSA) is 67.4 Å². The van der Waals surface area contributed by atoms with Gasteiger partial charge < -0.3 is 15.0 Å². The lowest BCUT2D eigenvalue weighted by Crippen LogP contribution is -2.27. The van der Waals surface area contributed by atoms with E-state index in [4.69, 9.17) is 0 Å². The number of ether oxygens (including phenoxy) is 1. The molecule has 0 aromatic carbocycles. The largest absolute Gasteiger partial charge is 0.468 e. The zero-order valence-corrected chi connectivity index (χ0v) is 10.4. The van der Waals surface area contributed by atoms with Gasteiger partial charge in [0.25, 0.3) is 0 Å². The minimum atomic E-state index is -0.297. The van der Waals surface area contributed by atoms with E-state index in [0.717, 1.165) is 18.8 Å². The van der Waals surface area contributed by atoms with Gasteiger partial charge in [0.1, 0.15) is 24.5 Å². The Labute approximate surface area is 101 Å². The third-order valence-corrected chi connectivity index (χ3v) is 2.19. The van der Waals surface area contributed by atoms with Crippen molar-refractivity contribution in [2.45, 2.75) is 13.3 Å². The maximum absolute atomic E-state index is 11.1. The van der Waals surface area contributed by atoms with Gasteiger partial charge in [-0.15, -0.1) is 0 Å². The van der Waals surface area contributed by atoms with Gasteiger partial charge in [-0.3, -0.25) is 4.79 Å². The molecule has 0 fully saturated rings. The summed E-state index contributed by atoms with van der Waals surface area (Å²) in [6.45, 7) is 3.11. The molecule has 1 N–H and O–H groups in total. The molecule has 17 heavy (non-hydrogen) atoms. The molecule has 6 heteroatoms. The third kappa shape index (κ3) is 4.26. The van der Waals surface area contributed by atoms with Crippen molar-refractivity contribution in [1.82, 2.24) is 9.97 Å². The predicted octanol–water partition coefficient (Wildman–Crippen LogP) is 0.908. The predicted molar refractivity (Wildman–Crippen MR) is 66.1 cm³/mol. The number of anilines is 2. The number of methoxy groups -OCH3 is 1. The molecule has 0 radical (unpaired) electrons. The minimum absolute atomic E-state index is 0.167. The Bertz CT molecular complexity index is 370. The van der Waals surface area contributed by atoms with Crippen LogP contribution in [0.5, 0.6) is 0 Å². The van der Waals surface area contributed by atoms with E-state index in [0.29, 0.717) is 5.82 Å². The lowest BCUT2D eigenvalue weighted by molar-refractivity contribution is -0.138. The van der Waals surface area contributed by atoms with Crippen LogP contribution in [0.4, 0.5) is 11.6 Å². The van der Waals surface area contributed by atoms with E-state index in [-0.39, 0.29) is 12.5 Å². The van der Waals surface area contributed by atoms with Gasteiger partial charge in [0.15, 0.2) is 0 Å². The van der Waals surface area contributed by atoms with E-state index in [9.17, 15) is 4.79 Å². The molecule has 1 aromatic heterocycles. The number of carbonyl (C=O) groups excluding carboxylic acids is 1. The average Bonchev–Trinajstić information content (AvgIpc) is 2.36. The van der Waals surface area contributed by atoms with E-state index in [1.54, 1.807) is 18.0 Å². The first-order valence-corrected chi connectivity index (χ1v) is 5.51. The maximum atomic E-state index is 11.1. The molecular weight excluding hydrogens is 220 g/mol. The second kappa shape index (κ2) is 6.67. The van der Waals surface area contributed by atoms with Crippen LogP contribution in [0.15, 0.2) is 12.4 Å². The van der Waals surface area contributed by atoms with Crippen LogP contribution in [0.3, 0.4) is 0 Å². The van der Waals surface area contributed by atoms with Crippen molar-refractivity contribution < 1.29 is 9.53 Å².